The van der Waals surface area contributed by atoms with E-state index in [1.165, 1.54) is 23.5 Å². The van der Waals surface area contributed by atoms with Gasteiger partial charge in [-0.25, -0.2) is 14.2 Å². The molecule has 0 aliphatic carbocycles. The van der Waals surface area contributed by atoms with Crippen LogP contribution in [0.1, 0.15) is 57.1 Å². The monoisotopic (exact) mass is 549 g/mol. The summed E-state index contributed by atoms with van der Waals surface area (Å²) in [5, 5.41) is 5.49. The summed E-state index contributed by atoms with van der Waals surface area (Å²) < 4.78 is 31.4. The topological polar surface area (TPSA) is 99.1 Å². The maximum absolute atomic E-state index is 14.5. The molecule has 1 aromatic carbocycles. The van der Waals surface area contributed by atoms with Crippen molar-refractivity contribution in [2.75, 3.05) is 13.2 Å². The molecule has 0 amide bonds. The molecular formula is C26H29ClFN3O5S. The highest BCUT2D eigenvalue weighted by Crippen LogP contribution is 2.40. The Hall–Kier alpha value is -2.82. The van der Waals surface area contributed by atoms with Gasteiger partial charge in [-0.05, 0) is 46.1 Å². The lowest BCUT2D eigenvalue weighted by atomic mass is 9.91. The van der Waals surface area contributed by atoms with E-state index in [9.17, 15) is 14.0 Å². The van der Waals surface area contributed by atoms with Crippen molar-refractivity contribution in [3.05, 3.63) is 62.5 Å². The van der Waals surface area contributed by atoms with Crippen molar-refractivity contribution < 1.29 is 28.2 Å². The number of halogens is 2. The molecule has 0 radical (unpaired) electrons. The van der Waals surface area contributed by atoms with Crippen molar-refractivity contribution in [3.63, 3.8) is 0 Å². The molecule has 198 valence electrons. The molecule has 3 atom stereocenters. The number of thiazole rings is 1. The molecule has 3 heterocycles. The van der Waals surface area contributed by atoms with Gasteiger partial charge in [-0.15, -0.1) is 11.3 Å². The number of benzene rings is 1. The summed E-state index contributed by atoms with van der Waals surface area (Å²) in [6.07, 6.45) is 1.72. The van der Waals surface area contributed by atoms with E-state index in [0.717, 1.165) is 0 Å². The predicted octanol–water partition coefficient (Wildman–Crippen LogP) is 4.98. The molecule has 1 saturated heterocycles. The lowest BCUT2D eigenvalue weighted by Gasteiger charge is -2.30. The third kappa shape index (κ3) is 6.37. The number of aromatic nitrogens is 1. The largest absolute Gasteiger partial charge is 0.463 e. The highest BCUT2D eigenvalue weighted by Gasteiger charge is 2.40. The third-order valence-corrected chi connectivity index (χ3v) is 6.94. The molecule has 2 aliphatic heterocycles. The number of rotatable bonds is 7. The Balaban J connectivity index is 1.73. The molecule has 1 aromatic heterocycles. The van der Waals surface area contributed by atoms with Gasteiger partial charge in [-0.1, -0.05) is 23.7 Å². The van der Waals surface area contributed by atoms with Gasteiger partial charge in [0.15, 0.2) is 10.8 Å². The van der Waals surface area contributed by atoms with Crippen molar-refractivity contribution >= 4 is 40.7 Å². The molecule has 4 rings (SSSR count). The molecule has 0 bridgehead atoms. The standard InChI is InChI=1S/C26H29ClFN3O5S/c1-5-34-25(33)19-21(15-7-6-8-16(28)20(15)27)30-23(24-29-9-10-37-24)31-22(19)17-11-14(13-35-17)12-18(32)36-26(2,3)4/h6-10,14,17,21H,5,11-13H2,1-4H3,(H,30,31)/t14-,17+,21?/m1/s1. The van der Waals surface area contributed by atoms with Crippen LogP contribution in [0.3, 0.4) is 0 Å². The average molecular weight is 550 g/mol. The lowest BCUT2D eigenvalue weighted by molar-refractivity contribution is -0.156. The average Bonchev–Trinajstić information content (AvgIpc) is 3.51. The Morgan fingerprint density at radius 3 is 2.78 bits per heavy atom. The Labute approximate surface area is 223 Å². The van der Waals surface area contributed by atoms with Crippen LogP contribution in [0.5, 0.6) is 0 Å². The number of esters is 2. The molecule has 8 nitrogen and oxygen atoms in total. The van der Waals surface area contributed by atoms with Crippen molar-refractivity contribution in [3.8, 4) is 0 Å². The highest BCUT2D eigenvalue weighted by molar-refractivity contribution is 7.11. The fourth-order valence-electron chi connectivity index (χ4n) is 4.31. The number of hydrogen-bond donors (Lipinski definition) is 1. The zero-order valence-electron chi connectivity index (χ0n) is 21.0. The smallest absolute Gasteiger partial charge is 0.338 e. The van der Waals surface area contributed by atoms with Crippen LogP contribution in [0.25, 0.3) is 0 Å². The van der Waals surface area contributed by atoms with Gasteiger partial charge in [0, 0.05) is 17.1 Å². The molecule has 1 fully saturated rings. The van der Waals surface area contributed by atoms with Crippen LogP contribution >= 0.6 is 22.9 Å². The van der Waals surface area contributed by atoms with Gasteiger partial charge in [0.05, 0.1) is 42.0 Å². The summed E-state index contributed by atoms with van der Waals surface area (Å²) >= 11 is 7.71. The van der Waals surface area contributed by atoms with Gasteiger partial charge >= 0.3 is 11.9 Å². The van der Waals surface area contributed by atoms with E-state index in [0.29, 0.717) is 35.1 Å². The molecule has 1 N–H and O–H groups in total. The number of amidine groups is 1. The van der Waals surface area contributed by atoms with E-state index in [2.05, 4.69) is 10.3 Å². The first-order valence-corrected chi connectivity index (χ1v) is 13.3. The van der Waals surface area contributed by atoms with Crippen LogP contribution in [-0.2, 0) is 23.8 Å². The van der Waals surface area contributed by atoms with Gasteiger partial charge in [0.1, 0.15) is 17.5 Å². The summed E-state index contributed by atoms with van der Waals surface area (Å²) in [4.78, 5) is 34.8. The molecule has 0 spiro atoms. The van der Waals surface area contributed by atoms with Crippen molar-refractivity contribution in [1.82, 2.24) is 10.3 Å². The Morgan fingerprint density at radius 1 is 1.32 bits per heavy atom. The lowest BCUT2D eigenvalue weighted by Crippen LogP contribution is -2.38. The summed E-state index contributed by atoms with van der Waals surface area (Å²) in [7, 11) is 0. The highest BCUT2D eigenvalue weighted by atomic mass is 35.5. The van der Waals surface area contributed by atoms with Gasteiger partial charge in [-0.2, -0.15) is 0 Å². The quantitative estimate of drug-likeness (QED) is 0.486. The molecule has 11 heteroatoms. The fraction of sp³-hybridized carbons (Fsp3) is 0.462. The Morgan fingerprint density at radius 2 is 2.11 bits per heavy atom. The summed E-state index contributed by atoms with van der Waals surface area (Å²) in [6, 6.07) is 3.43. The third-order valence-electron chi connectivity index (χ3n) is 5.76. The van der Waals surface area contributed by atoms with Crippen LogP contribution in [0.15, 0.2) is 46.0 Å². The van der Waals surface area contributed by atoms with Gasteiger partial charge in [0.25, 0.3) is 0 Å². The van der Waals surface area contributed by atoms with Crippen LogP contribution in [0.2, 0.25) is 5.02 Å². The number of carbonyl (C=O) groups is 2. The first-order valence-electron chi connectivity index (χ1n) is 12.0. The number of carbonyl (C=O) groups excluding carboxylic acids is 2. The van der Waals surface area contributed by atoms with Crippen molar-refractivity contribution in [2.45, 2.75) is 58.3 Å². The van der Waals surface area contributed by atoms with Crippen LogP contribution < -0.4 is 5.32 Å². The first-order chi connectivity index (χ1) is 17.6. The normalized spacial score (nSPS) is 21.9. The molecule has 2 aromatic rings. The number of ether oxygens (including phenoxy) is 3. The van der Waals surface area contributed by atoms with E-state index in [1.54, 1.807) is 24.6 Å². The second kappa shape index (κ2) is 11.3. The number of nitrogens with zero attached hydrogens (tertiary/aromatic N) is 2. The minimum absolute atomic E-state index is 0.115. The Bertz CT molecular complexity index is 1230. The second-order valence-corrected chi connectivity index (χ2v) is 11.0. The van der Waals surface area contributed by atoms with Crippen molar-refractivity contribution in [1.29, 1.82) is 0 Å². The maximum Gasteiger partial charge on any atom is 0.338 e. The molecule has 1 unspecified atom stereocenters. The van der Waals surface area contributed by atoms with E-state index >= 15 is 0 Å². The fourth-order valence-corrected chi connectivity index (χ4v) is 5.13. The van der Waals surface area contributed by atoms with Crippen LogP contribution in [0, 0.1) is 11.7 Å². The maximum atomic E-state index is 14.5. The molecule has 37 heavy (non-hydrogen) atoms. The summed E-state index contributed by atoms with van der Waals surface area (Å²) in [5.41, 5.74) is 0.353. The minimum atomic E-state index is -0.953. The van der Waals surface area contributed by atoms with E-state index in [1.807, 2.05) is 20.8 Å². The van der Waals surface area contributed by atoms with Gasteiger partial charge in [-0.3, -0.25) is 9.79 Å². The summed E-state index contributed by atoms with van der Waals surface area (Å²) in [6.45, 7) is 7.59. The van der Waals surface area contributed by atoms with Gasteiger partial charge < -0.3 is 19.5 Å². The molecule has 2 aliphatic rings. The minimum Gasteiger partial charge on any atom is -0.463 e. The number of aliphatic imine (C=N–C) groups is 1. The van der Waals surface area contributed by atoms with E-state index < -0.39 is 29.5 Å². The van der Waals surface area contributed by atoms with Crippen LogP contribution in [0.4, 0.5) is 4.39 Å². The zero-order valence-corrected chi connectivity index (χ0v) is 22.6. The van der Waals surface area contributed by atoms with Gasteiger partial charge in [0.2, 0.25) is 0 Å². The first kappa shape index (κ1) is 27.2. The van der Waals surface area contributed by atoms with Crippen molar-refractivity contribution in [2.24, 2.45) is 10.9 Å². The van der Waals surface area contributed by atoms with E-state index in [4.69, 9.17) is 30.8 Å². The second-order valence-electron chi connectivity index (χ2n) is 9.75. The predicted molar refractivity (Wildman–Crippen MR) is 138 cm³/mol. The van der Waals surface area contributed by atoms with E-state index in [-0.39, 0.29) is 35.5 Å². The SMILES string of the molecule is CCOC(=O)C1=C([C@@H]2C[C@H](CC(=O)OC(C)(C)C)CO2)NC(c2nccs2)=NC1c1cccc(F)c1Cl. The number of hydrogen-bond acceptors (Lipinski definition) is 9. The summed E-state index contributed by atoms with van der Waals surface area (Å²) in [5.74, 6) is -1.26. The molecular weight excluding hydrogens is 521 g/mol. The van der Waals surface area contributed by atoms with Crippen LogP contribution in [-0.4, -0.2) is 47.7 Å². The zero-order chi connectivity index (χ0) is 26.7. The number of nitrogens with one attached hydrogen (secondary N) is 1. The Kier molecular flexibility index (Phi) is 8.30. The molecule has 0 saturated carbocycles.